The lowest BCUT2D eigenvalue weighted by molar-refractivity contribution is -0.119. The molecule has 13 heavy (non-hydrogen) atoms. The molecule has 72 valence electrons. The zero-order valence-electron chi connectivity index (χ0n) is 7.82. The average Bonchev–Trinajstić information content (AvgIpc) is 2.47. The number of nitrogens with one attached hydrogen (secondary N) is 1. The number of hydrogen-bond acceptors (Lipinski definition) is 3. The van der Waals surface area contributed by atoms with E-state index in [4.69, 9.17) is 5.73 Å². The van der Waals surface area contributed by atoms with E-state index in [0.717, 1.165) is 5.56 Å². The van der Waals surface area contributed by atoms with Gasteiger partial charge in [-0.05, 0) is 6.92 Å². The van der Waals surface area contributed by atoms with E-state index < -0.39 is 0 Å². The molecule has 3 N–H and O–H groups in total. The first-order chi connectivity index (χ1) is 6.09. The minimum atomic E-state index is -0.344. The van der Waals surface area contributed by atoms with E-state index in [2.05, 4.69) is 10.4 Å². The molecule has 1 atom stereocenters. The molecule has 1 unspecified atom stereocenters. The van der Waals surface area contributed by atoms with Gasteiger partial charge in [-0.1, -0.05) is 0 Å². The number of hydrogen-bond donors (Lipinski definition) is 2. The predicted octanol–water partition coefficient (Wildman–Crippen LogP) is -0.617. The van der Waals surface area contributed by atoms with Crippen LogP contribution in [-0.4, -0.2) is 21.7 Å². The van der Waals surface area contributed by atoms with Gasteiger partial charge in [-0.2, -0.15) is 5.10 Å². The zero-order chi connectivity index (χ0) is 9.84. The van der Waals surface area contributed by atoms with Crippen LogP contribution in [0.4, 0.5) is 0 Å². The second-order valence-electron chi connectivity index (χ2n) is 3.03. The Morgan fingerprint density at radius 2 is 2.54 bits per heavy atom. The highest BCUT2D eigenvalue weighted by Crippen LogP contribution is 1.95. The summed E-state index contributed by atoms with van der Waals surface area (Å²) in [4.78, 5) is 10.7. The van der Waals surface area contributed by atoms with Crippen molar-refractivity contribution in [2.24, 2.45) is 12.8 Å². The smallest absolute Gasteiger partial charge is 0.234 e. The first-order valence-corrected chi connectivity index (χ1v) is 4.10. The lowest BCUT2D eigenvalue weighted by atomic mass is 10.3. The van der Waals surface area contributed by atoms with Gasteiger partial charge in [-0.3, -0.25) is 9.48 Å². The molecule has 0 fully saturated rings. The number of nitrogens with two attached hydrogens (primary N) is 1. The number of primary amides is 1. The first-order valence-electron chi connectivity index (χ1n) is 4.10. The van der Waals surface area contributed by atoms with Crippen LogP contribution in [-0.2, 0) is 18.4 Å². The molecule has 1 heterocycles. The summed E-state index contributed by atoms with van der Waals surface area (Å²) in [7, 11) is 1.85. The summed E-state index contributed by atoms with van der Waals surface area (Å²) in [5.41, 5.74) is 6.12. The summed E-state index contributed by atoms with van der Waals surface area (Å²) < 4.78 is 1.71. The molecule has 0 radical (unpaired) electrons. The largest absolute Gasteiger partial charge is 0.368 e. The van der Waals surface area contributed by atoms with Gasteiger partial charge in [0.25, 0.3) is 0 Å². The lowest BCUT2D eigenvalue weighted by Gasteiger charge is -2.07. The molecule has 0 bridgehead atoms. The number of rotatable bonds is 4. The summed E-state index contributed by atoms with van der Waals surface area (Å²) in [5.74, 6) is -0.344. The van der Waals surface area contributed by atoms with Gasteiger partial charge < -0.3 is 11.1 Å². The van der Waals surface area contributed by atoms with Crippen molar-refractivity contribution < 1.29 is 4.79 Å². The third-order valence-electron chi connectivity index (χ3n) is 1.80. The first kappa shape index (κ1) is 9.73. The van der Waals surface area contributed by atoms with Crippen molar-refractivity contribution in [2.75, 3.05) is 0 Å². The van der Waals surface area contributed by atoms with Gasteiger partial charge in [0.1, 0.15) is 0 Å². The van der Waals surface area contributed by atoms with Crippen LogP contribution in [0.25, 0.3) is 0 Å². The van der Waals surface area contributed by atoms with E-state index in [1.165, 1.54) is 0 Å². The molecule has 0 aromatic carbocycles. The normalized spacial score (nSPS) is 12.8. The number of aromatic nitrogens is 2. The van der Waals surface area contributed by atoms with E-state index in [1.807, 2.05) is 13.2 Å². The summed E-state index contributed by atoms with van der Waals surface area (Å²) in [6, 6.07) is -0.305. The van der Waals surface area contributed by atoms with Gasteiger partial charge in [-0.15, -0.1) is 0 Å². The van der Waals surface area contributed by atoms with Gasteiger partial charge >= 0.3 is 0 Å². The fourth-order valence-electron chi connectivity index (χ4n) is 0.935. The summed E-state index contributed by atoms with van der Waals surface area (Å²) in [6.45, 7) is 2.34. The maximum absolute atomic E-state index is 10.7. The Morgan fingerprint density at radius 1 is 1.85 bits per heavy atom. The van der Waals surface area contributed by atoms with Crippen LogP contribution in [0.3, 0.4) is 0 Å². The Kier molecular flexibility index (Phi) is 3.02. The molecule has 1 rings (SSSR count). The second kappa shape index (κ2) is 4.04. The van der Waals surface area contributed by atoms with Crippen molar-refractivity contribution in [3.8, 4) is 0 Å². The molecule has 1 aromatic heterocycles. The Balaban J connectivity index is 2.39. The molecule has 5 nitrogen and oxygen atoms in total. The molecule has 0 spiro atoms. The fraction of sp³-hybridized carbons (Fsp3) is 0.500. The lowest BCUT2D eigenvalue weighted by Crippen LogP contribution is -2.38. The summed E-state index contributed by atoms with van der Waals surface area (Å²) >= 11 is 0. The van der Waals surface area contributed by atoms with Crippen molar-refractivity contribution in [2.45, 2.75) is 19.5 Å². The van der Waals surface area contributed by atoms with Gasteiger partial charge in [0.15, 0.2) is 0 Å². The molecular formula is C8H14N4O. The number of nitrogens with zero attached hydrogens (tertiary/aromatic N) is 2. The number of amides is 1. The van der Waals surface area contributed by atoms with E-state index >= 15 is 0 Å². The topological polar surface area (TPSA) is 72.9 Å². The number of carbonyl (C=O) groups excluding carboxylic acids is 1. The predicted molar refractivity (Wildman–Crippen MR) is 48.7 cm³/mol. The molecule has 0 aliphatic heterocycles. The SMILES string of the molecule is CC(NCc1cnn(C)c1)C(N)=O. The second-order valence-corrected chi connectivity index (χ2v) is 3.03. The standard InChI is InChI=1S/C8H14N4O/c1-6(8(9)13)10-3-7-4-11-12(2)5-7/h4-6,10H,3H2,1-2H3,(H2,9,13). The van der Waals surface area contributed by atoms with E-state index in [1.54, 1.807) is 17.8 Å². The van der Waals surface area contributed by atoms with Crippen LogP contribution in [0.2, 0.25) is 0 Å². The zero-order valence-corrected chi connectivity index (χ0v) is 7.82. The van der Waals surface area contributed by atoms with E-state index in [9.17, 15) is 4.79 Å². The third-order valence-corrected chi connectivity index (χ3v) is 1.80. The van der Waals surface area contributed by atoms with Crippen LogP contribution in [0.5, 0.6) is 0 Å². The molecule has 1 amide bonds. The maximum Gasteiger partial charge on any atom is 0.234 e. The highest BCUT2D eigenvalue weighted by atomic mass is 16.1. The highest BCUT2D eigenvalue weighted by Gasteiger charge is 2.07. The Morgan fingerprint density at radius 3 is 3.00 bits per heavy atom. The minimum Gasteiger partial charge on any atom is -0.368 e. The average molecular weight is 182 g/mol. The highest BCUT2D eigenvalue weighted by molar-refractivity contribution is 5.79. The van der Waals surface area contributed by atoms with Crippen molar-refractivity contribution >= 4 is 5.91 Å². The van der Waals surface area contributed by atoms with Crippen LogP contribution in [0.1, 0.15) is 12.5 Å². The van der Waals surface area contributed by atoms with Crippen LogP contribution >= 0.6 is 0 Å². The number of carbonyl (C=O) groups is 1. The monoisotopic (exact) mass is 182 g/mol. The summed E-state index contributed by atoms with van der Waals surface area (Å²) in [6.07, 6.45) is 3.64. The van der Waals surface area contributed by atoms with Crippen molar-refractivity contribution in [1.82, 2.24) is 15.1 Å². The number of aryl methyl sites for hydroxylation is 1. The van der Waals surface area contributed by atoms with Crippen molar-refractivity contribution in [3.05, 3.63) is 18.0 Å². The van der Waals surface area contributed by atoms with E-state index in [-0.39, 0.29) is 11.9 Å². The summed E-state index contributed by atoms with van der Waals surface area (Å²) in [5, 5.41) is 6.98. The molecule has 0 aliphatic rings. The van der Waals surface area contributed by atoms with Crippen molar-refractivity contribution in [1.29, 1.82) is 0 Å². The van der Waals surface area contributed by atoms with Gasteiger partial charge in [0, 0.05) is 25.4 Å². The Labute approximate surface area is 76.9 Å². The van der Waals surface area contributed by atoms with Crippen molar-refractivity contribution in [3.63, 3.8) is 0 Å². The van der Waals surface area contributed by atoms with Crippen LogP contribution < -0.4 is 11.1 Å². The minimum absolute atomic E-state index is 0.305. The molecule has 0 saturated carbocycles. The maximum atomic E-state index is 10.7. The van der Waals surface area contributed by atoms with Gasteiger partial charge in [0.2, 0.25) is 5.91 Å². The quantitative estimate of drug-likeness (QED) is 0.652. The molecule has 1 aromatic rings. The fourth-order valence-corrected chi connectivity index (χ4v) is 0.935. The molecule has 0 aliphatic carbocycles. The van der Waals surface area contributed by atoms with Crippen LogP contribution in [0, 0.1) is 0 Å². The van der Waals surface area contributed by atoms with Gasteiger partial charge in [-0.25, -0.2) is 0 Å². The third kappa shape index (κ3) is 2.87. The Bertz CT molecular complexity index is 294. The van der Waals surface area contributed by atoms with E-state index in [0.29, 0.717) is 6.54 Å². The van der Waals surface area contributed by atoms with Crippen LogP contribution in [0.15, 0.2) is 12.4 Å². The van der Waals surface area contributed by atoms with Gasteiger partial charge in [0.05, 0.1) is 12.2 Å². The molecular weight excluding hydrogens is 168 g/mol. The molecule has 0 saturated heterocycles. The Hall–Kier alpha value is -1.36. The molecule has 5 heteroatoms.